The van der Waals surface area contributed by atoms with Gasteiger partial charge in [0.1, 0.15) is 0 Å². The molecule has 0 amide bonds. The third kappa shape index (κ3) is 3.56. The van der Waals surface area contributed by atoms with Gasteiger partial charge in [-0.2, -0.15) is 0 Å². The Morgan fingerprint density at radius 1 is 1.24 bits per heavy atom. The molecule has 2 N–H and O–H groups in total. The highest BCUT2D eigenvalue weighted by Crippen LogP contribution is 2.23. The molecule has 1 aromatic rings. The van der Waals surface area contributed by atoms with Gasteiger partial charge < -0.3 is 10.4 Å². The van der Waals surface area contributed by atoms with E-state index in [1.54, 1.807) is 12.1 Å². The summed E-state index contributed by atoms with van der Waals surface area (Å²) < 4.78 is 0. The Bertz CT molecular complexity index is 366. The van der Waals surface area contributed by atoms with E-state index in [2.05, 4.69) is 5.32 Å². The summed E-state index contributed by atoms with van der Waals surface area (Å²) in [6.07, 6.45) is 5.45. The highest BCUT2D eigenvalue weighted by Gasteiger charge is 2.13. The molecule has 0 bridgehead atoms. The molecule has 3 heteroatoms. The Balaban J connectivity index is 1.76. The van der Waals surface area contributed by atoms with Crippen molar-refractivity contribution in [3.63, 3.8) is 0 Å². The highest BCUT2D eigenvalue weighted by molar-refractivity contribution is 5.87. The summed E-state index contributed by atoms with van der Waals surface area (Å²) in [6.45, 7) is 1.91. The second-order valence-corrected chi connectivity index (χ2v) is 4.78. The minimum absolute atomic E-state index is 0.351. The number of carbonyl (C=O) groups is 1. The average molecular weight is 233 g/mol. The topological polar surface area (TPSA) is 49.3 Å². The van der Waals surface area contributed by atoms with Crippen LogP contribution in [-0.2, 0) is 6.54 Å². The lowest BCUT2D eigenvalue weighted by Gasteiger charge is -2.10. The molecule has 1 aliphatic carbocycles. The van der Waals surface area contributed by atoms with Crippen LogP contribution in [0.25, 0.3) is 0 Å². The van der Waals surface area contributed by atoms with E-state index in [0.717, 1.165) is 24.6 Å². The lowest BCUT2D eigenvalue weighted by molar-refractivity contribution is 0.0697. The number of hydrogen-bond donors (Lipinski definition) is 2. The van der Waals surface area contributed by atoms with Crippen LogP contribution in [0.2, 0.25) is 0 Å². The first-order valence-electron chi connectivity index (χ1n) is 6.28. The maximum absolute atomic E-state index is 10.7. The van der Waals surface area contributed by atoms with E-state index >= 15 is 0 Å². The fraction of sp³-hybridized carbons (Fsp3) is 0.500. The van der Waals surface area contributed by atoms with Crippen LogP contribution in [0.5, 0.6) is 0 Å². The number of carboxylic acids is 1. The zero-order valence-corrected chi connectivity index (χ0v) is 9.98. The van der Waals surface area contributed by atoms with Gasteiger partial charge in [-0.1, -0.05) is 25.0 Å². The summed E-state index contributed by atoms with van der Waals surface area (Å²) in [6, 6.07) is 7.08. The summed E-state index contributed by atoms with van der Waals surface area (Å²) in [4.78, 5) is 10.7. The van der Waals surface area contributed by atoms with Crippen molar-refractivity contribution in [1.82, 2.24) is 5.32 Å². The molecule has 0 heterocycles. The van der Waals surface area contributed by atoms with E-state index in [1.165, 1.54) is 25.7 Å². The van der Waals surface area contributed by atoms with Gasteiger partial charge >= 0.3 is 5.97 Å². The van der Waals surface area contributed by atoms with Crippen LogP contribution < -0.4 is 5.32 Å². The van der Waals surface area contributed by atoms with Crippen LogP contribution in [0.3, 0.4) is 0 Å². The first-order chi connectivity index (χ1) is 8.25. The number of benzene rings is 1. The molecule has 0 spiro atoms. The van der Waals surface area contributed by atoms with Crippen molar-refractivity contribution in [2.75, 3.05) is 6.54 Å². The maximum atomic E-state index is 10.7. The molecule has 0 aromatic heterocycles. The summed E-state index contributed by atoms with van der Waals surface area (Å²) in [5.74, 6) is -0.0243. The van der Waals surface area contributed by atoms with E-state index in [4.69, 9.17) is 5.11 Å². The van der Waals surface area contributed by atoms with Gasteiger partial charge in [0.25, 0.3) is 0 Å². The molecule has 3 nitrogen and oxygen atoms in total. The SMILES string of the molecule is O=C(O)c1ccc(CNCC2CCCC2)cc1. The van der Waals surface area contributed by atoms with Crippen molar-refractivity contribution in [3.05, 3.63) is 35.4 Å². The normalized spacial score (nSPS) is 16.2. The fourth-order valence-corrected chi connectivity index (χ4v) is 2.40. The average Bonchev–Trinajstić information content (AvgIpc) is 2.83. The third-order valence-corrected chi connectivity index (χ3v) is 3.44. The molecular formula is C14H19NO2. The molecule has 0 atom stereocenters. The number of hydrogen-bond acceptors (Lipinski definition) is 2. The van der Waals surface area contributed by atoms with Crippen LogP contribution in [0.4, 0.5) is 0 Å². The molecule has 92 valence electrons. The number of carboxylic acid groups (broad SMARTS) is 1. The summed E-state index contributed by atoms with van der Waals surface area (Å²) in [5.41, 5.74) is 1.50. The highest BCUT2D eigenvalue weighted by atomic mass is 16.4. The van der Waals surface area contributed by atoms with Crippen molar-refractivity contribution in [2.45, 2.75) is 32.2 Å². The van der Waals surface area contributed by atoms with Crippen LogP contribution in [-0.4, -0.2) is 17.6 Å². The standard InChI is InChI=1S/C14H19NO2/c16-14(17)13-7-5-12(6-8-13)10-15-9-11-3-1-2-4-11/h5-8,11,15H,1-4,9-10H2,(H,16,17). The van der Waals surface area contributed by atoms with Crippen molar-refractivity contribution in [3.8, 4) is 0 Å². The second-order valence-electron chi connectivity index (χ2n) is 4.78. The van der Waals surface area contributed by atoms with Gasteiger partial charge in [0.15, 0.2) is 0 Å². The zero-order chi connectivity index (χ0) is 12.1. The predicted molar refractivity (Wildman–Crippen MR) is 67.1 cm³/mol. The Morgan fingerprint density at radius 2 is 1.88 bits per heavy atom. The molecule has 0 unspecified atom stereocenters. The van der Waals surface area contributed by atoms with E-state index in [-0.39, 0.29) is 0 Å². The van der Waals surface area contributed by atoms with Gasteiger partial charge in [-0.25, -0.2) is 4.79 Å². The van der Waals surface area contributed by atoms with E-state index in [1.807, 2.05) is 12.1 Å². The minimum Gasteiger partial charge on any atom is -0.478 e. The molecular weight excluding hydrogens is 214 g/mol. The Labute approximate surface area is 102 Å². The Morgan fingerprint density at radius 3 is 2.47 bits per heavy atom. The lowest BCUT2D eigenvalue weighted by Crippen LogP contribution is -2.20. The maximum Gasteiger partial charge on any atom is 0.335 e. The summed E-state index contributed by atoms with van der Waals surface area (Å²) in [7, 11) is 0. The number of aromatic carboxylic acids is 1. The van der Waals surface area contributed by atoms with Crippen LogP contribution in [0, 0.1) is 5.92 Å². The zero-order valence-electron chi connectivity index (χ0n) is 9.98. The molecule has 1 fully saturated rings. The molecule has 0 radical (unpaired) electrons. The van der Waals surface area contributed by atoms with Crippen LogP contribution in [0.1, 0.15) is 41.6 Å². The number of rotatable bonds is 5. The largest absolute Gasteiger partial charge is 0.478 e. The number of nitrogens with one attached hydrogen (secondary N) is 1. The summed E-state index contributed by atoms with van der Waals surface area (Å²) in [5, 5.41) is 12.2. The first-order valence-corrected chi connectivity index (χ1v) is 6.28. The quantitative estimate of drug-likeness (QED) is 0.822. The second kappa shape index (κ2) is 5.82. The van der Waals surface area contributed by atoms with Gasteiger partial charge in [0.05, 0.1) is 5.56 Å². The molecule has 0 saturated heterocycles. The molecule has 0 aliphatic heterocycles. The fourth-order valence-electron chi connectivity index (χ4n) is 2.40. The lowest BCUT2D eigenvalue weighted by atomic mass is 10.1. The molecule has 1 saturated carbocycles. The Hall–Kier alpha value is -1.35. The third-order valence-electron chi connectivity index (χ3n) is 3.44. The van der Waals surface area contributed by atoms with Gasteiger partial charge in [-0.3, -0.25) is 0 Å². The van der Waals surface area contributed by atoms with E-state index < -0.39 is 5.97 Å². The van der Waals surface area contributed by atoms with Crippen LogP contribution in [0.15, 0.2) is 24.3 Å². The van der Waals surface area contributed by atoms with Gasteiger partial charge in [-0.15, -0.1) is 0 Å². The molecule has 1 aliphatic rings. The first kappa shape index (κ1) is 12.1. The molecule has 17 heavy (non-hydrogen) atoms. The van der Waals surface area contributed by atoms with Crippen molar-refractivity contribution in [2.24, 2.45) is 5.92 Å². The van der Waals surface area contributed by atoms with E-state index in [0.29, 0.717) is 5.56 Å². The van der Waals surface area contributed by atoms with Gasteiger partial charge in [0.2, 0.25) is 0 Å². The monoisotopic (exact) mass is 233 g/mol. The van der Waals surface area contributed by atoms with Crippen molar-refractivity contribution >= 4 is 5.97 Å². The molecule has 1 aromatic carbocycles. The van der Waals surface area contributed by atoms with Gasteiger partial charge in [-0.05, 0) is 43.0 Å². The molecule has 2 rings (SSSR count). The summed E-state index contributed by atoms with van der Waals surface area (Å²) >= 11 is 0. The van der Waals surface area contributed by atoms with Crippen molar-refractivity contribution in [1.29, 1.82) is 0 Å². The van der Waals surface area contributed by atoms with E-state index in [9.17, 15) is 4.79 Å². The predicted octanol–water partition coefficient (Wildman–Crippen LogP) is 2.66. The minimum atomic E-state index is -0.865. The smallest absolute Gasteiger partial charge is 0.335 e. The van der Waals surface area contributed by atoms with Crippen molar-refractivity contribution < 1.29 is 9.90 Å². The Kier molecular flexibility index (Phi) is 4.15. The van der Waals surface area contributed by atoms with Crippen LogP contribution >= 0.6 is 0 Å². The van der Waals surface area contributed by atoms with Gasteiger partial charge in [0, 0.05) is 6.54 Å².